The second-order valence-corrected chi connectivity index (χ2v) is 6.98. The first-order valence-corrected chi connectivity index (χ1v) is 9.20. The first-order valence-electron chi connectivity index (χ1n) is 9.20. The van der Waals surface area contributed by atoms with Crippen molar-refractivity contribution in [3.8, 4) is 5.75 Å². The van der Waals surface area contributed by atoms with Gasteiger partial charge < -0.3 is 15.4 Å². The van der Waals surface area contributed by atoms with Gasteiger partial charge in [-0.3, -0.25) is 9.59 Å². The Morgan fingerprint density at radius 2 is 1.59 bits per heavy atom. The van der Waals surface area contributed by atoms with Gasteiger partial charge in [0.15, 0.2) is 0 Å². The van der Waals surface area contributed by atoms with Gasteiger partial charge in [-0.2, -0.15) is 0 Å². The van der Waals surface area contributed by atoms with Gasteiger partial charge in [0, 0.05) is 12.1 Å². The third kappa shape index (κ3) is 5.84. The summed E-state index contributed by atoms with van der Waals surface area (Å²) in [6, 6.07) is 16.2. The maximum atomic E-state index is 12.6. The van der Waals surface area contributed by atoms with Gasteiger partial charge in [-0.25, -0.2) is 0 Å². The number of carbonyl (C=O) groups excluding carboxylic acids is 2. The van der Waals surface area contributed by atoms with E-state index in [1.165, 1.54) is 5.56 Å². The number of methoxy groups -OCH3 is 1. The van der Waals surface area contributed by atoms with Crippen LogP contribution in [0.2, 0.25) is 0 Å². The molecule has 5 heteroatoms. The van der Waals surface area contributed by atoms with Crippen LogP contribution in [0.4, 0.5) is 0 Å². The summed E-state index contributed by atoms with van der Waals surface area (Å²) in [6.45, 7) is 6.42. The van der Waals surface area contributed by atoms with Gasteiger partial charge in [-0.15, -0.1) is 0 Å². The van der Waals surface area contributed by atoms with Crippen molar-refractivity contribution in [1.29, 1.82) is 0 Å². The topological polar surface area (TPSA) is 67.4 Å². The monoisotopic (exact) mass is 368 g/mol. The van der Waals surface area contributed by atoms with Crippen molar-refractivity contribution in [2.45, 2.75) is 32.7 Å². The molecule has 0 radical (unpaired) electrons. The molecule has 2 atom stereocenters. The van der Waals surface area contributed by atoms with Crippen molar-refractivity contribution in [3.63, 3.8) is 0 Å². The van der Waals surface area contributed by atoms with Gasteiger partial charge in [0.1, 0.15) is 11.8 Å². The summed E-state index contributed by atoms with van der Waals surface area (Å²) in [5.41, 5.74) is 1.66. The zero-order valence-corrected chi connectivity index (χ0v) is 16.4. The highest BCUT2D eigenvalue weighted by Crippen LogP contribution is 2.14. The maximum absolute atomic E-state index is 12.6. The third-order valence-electron chi connectivity index (χ3n) is 4.54. The van der Waals surface area contributed by atoms with Crippen molar-refractivity contribution >= 4 is 11.8 Å². The molecular weight excluding hydrogens is 340 g/mol. The number of hydrogen-bond donors (Lipinski definition) is 2. The molecule has 0 aliphatic carbocycles. The molecule has 0 bridgehead atoms. The molecule has 2 aromatic rings. The molecule has 0 fully saturated rings. The maximum Gasteiger partial charge on any atom is 0.251 e. The first-order chi connectivity index (χ1) is 12.9. The summed E-state index contributed by atoms with van der Waals surface area (Å²) >= 11 is 0. The number of benzene rings is 2. The van der Waals surface area contributed by atoms with E-state index in [0.717, 1.165) is 0 Å². The van der Waals surface area contributed by atoms with Gasteiger partial charge in [0.05, 0.1) is 7.11 Å². The molecule has 2 rings (SSSR count). The van der Waals surface area contributed by atoms with Crippen LogP contribution in [0.15, 0.2) is 54.6 Å². The molecule has 2 amide bonds. The normalized spacial score (nSPS) is 12.9. The van der Waals surface area contributed by atoms with Crippen LogP contribution in [0.3, 0.4) is 0 Å². The van der Waals surface area contributed by atoms with Crippen LogP contribution in [0.1, 0.15) is 42.6 Å². The largest absolute Gasteiger partial charge is 0.497 e. The van der Waals surface area contributed by atoms with E-state index in [4.69, 9.17) is 4.74 Å². The highest BCUT2D eigenvalue weighted by atomic mass is 16.5. The molecule has 144 valence electrons. The molecule has 0 saturated heterocycles. The van der Waals surface area contributed by atoms with Gasteiger partial charge in [-0.05, 0) is 41.7 Å². The Balaban J connectivity index is 1.96. The SMILES string of the molecule is COc1ccc(C(=O)N[C@H](C(=O)NC[C@H](C)c2ccccc2)C(C)C)cc1. The highest BCUT2D eigenvalue weighted by Gasteiger charge is 2.25. The Hall–Kier alpha value is -2.82. The Morgan fingerprint density at radius 3 is 2.15 bits per heavy atom. The zero-order chi connectivity index (χ0) is 19.8. The molecule has 2 aromatic carbocycles. The van der Waals surface area contributed by atoms with Crippen LogP contribution in [0.5, 0.6) is 5.75 Å². The zero-order valence-electron chi connectivity index (χ0n) is 16.4. The fourth-order valence-electron chi connectivity index (χ4n) is 2.76. The van der Waals surface area contributed by atoms with Gasteiger partial charge in [0.2, 0.25) is 5.91 Å². The van der Waals surface area contributed by atoms with Crippen LogP contribution < -0.4 is 15.4 Å². The van der Waals surface area contributed by atoms with E-state index in [1.54, 1.807) is 31.4 Å². The van der Waals surface area contributed by atoms with E-state index in [-0.39, 0.29) is 23.7 Å². The molecule has 0 aliphatic heterocycles. The molecule has 0 spiro atoms. The lowest BCUT2D eigenvalue weighted by atomic mass is 10.00. The third-order valence-corrected chi connectivity index (χ3v) is 4.54. The Labute approximate surface area is 161 Å². The van der Waals surface area contributed by atoms with Crippen LogP contribution in [-0.4, -0.2) is 31.5 Å². The summed E-state index contributed by atoms with van der Waals surface area (Å²) in [4.78, 5) is 25.1. The van der Waals surface area contributed by atoms with Crippen LogP contribution in [0.25, 0.3) is 0 Å². The number of hydrogen-bond acceptors (Lipinski definition) is 3. The fraction of sp³-hybridized carbons (Fsp3) is 0.364. The molecule has 5 nitrogen and oxygen atoms in total. The Morgan fingerprint density at radius 1 is 0.963 bits per heavy atom. The molecular formula is C22H28N2O3. The van der Waals surface area contributed by atoms with E-state index >= 15 is 0 Å². The van der Waals surface area contributed by atoms with Crippen molar-refractivity contribution in [3.05, 3.63) is 65.7 Å². The van der Waals surface area contributed by atoms with E-state index in [9.17, 15) is 9.59 Å². The average Bonchev–Trinajstić information content (AvgIpc) is 2.70. The van der Waals surface area contributed by atoms with Gasteiger partial charge in [0.25, 0.3) is 5.91 Å². The second kappa shape index (κ2) is 9.76. The Kier molecular flexibility index (Phi) is 7.41. The summed E-state index contributed by atoms with van der Waals surface area (Å²) in [5, 5.41) is 5.81. The van der Waals surface area contributed by atoms with Crippen molar-refractivity contribution in [1.82, 2.24) is 10.6 Å². The number of nitrogens with one attached hydrogen (secondary N) is 2. The standard InChI is InChI=1S/C22H28N2O3/c1-15(2)20(24-21(25)18-10-12-19(27-4)13-11-18)22(26)23-14-16(3)17-8-6-5-7-9-17/h5-13,15-16,20H,14H2,1-4H3,(H,23,26)(H,24,25)/t16-,20-/m0/s1. The van der Waals surface area contributed by atoms with E-state index in [1.807, 2.05) is 44.2 Å². The summed E-state index contributed by atoms with van der Waals surface area (Å²) in [5.74, 6) is 0.399. The summed E-state index contributed by atoms with van der Waals surface area (Å²) in [7, 11) is 1.57. The quantitative estimate of drug-likeness (QED) is 0.751. The molecule has 0 aliphatic rings. The number of ether oxygens (including phenoxy) is 1. The summed E-state index contributed by atoms with van der Waals surface area (Å²) < 4.78 is 5.10. The first kappa shape index (κ1) is 20.5. The highest BCUT2D eigenvalue weighted by molar-refractivity contribution is 5.97. The van der Waals surface area contributed by atoms with Crippen molar-refractivity contribution in [2.75, 3.05) is 13.7 Å². The fourth-order valence-corrected chi connectivity index (χ4v) is 2.76. The number of rotatable bonds is 8. The minimum atomic E-state index is -0.595. The van der Waals surface area contributed by atoms with E-state index < -0.39 is 6.04 Å². The van der Waals surface area contributed by atoms with Crippen LogP contribution in [0, 0.1) is 5.92 Å². The molecule has 0 saturated carbocycles. The molecule has 27 heavy (non-hydrogen) atoms. The van der Waals surface area contributed by atoms with Crippen molar-refractivity contribution < 1.29 is 14.3 Å². The summed E-state index contributed by atoms with van der Waals surface area (Å²) in [6.07, 6.45) is 0. The molecule has 2 N–H and O–H groups in total. The van der Waals surface area contributed by atoms with Crippen LogP contribution >= 0.6 is 0 Å². The lowest BCUT2D eigenvalue weighted by molar-refractivity contribution is -0.124. The van der Waals surface area contributed by atoms with E-state index in [0.29, 0.717) is 17.9 Å². The lowest BCUT2D eigenvalue weighted by Crippen LogP contribution is -2.50. The minimum Gasteiger partial charge on any atom is -0.497 e. The number of amides is 2. The molecule has 0 heterocycles. The predicted molar refractivity (Wildman–Crippen MR) is 107 cm³/mol. The lowest BCUT2D eigenvalue weighted by Gasteiger charge is -2.23. The smallest absolute Gasteiger partial charge is 0.251 e. The Bertz CT molecular complexity index is 742. The van der Waals surface area contributed by atoms with E-state index in [2.05, 4.69) is 17.6 Å². The second-order valence-electron chi connectivity index (χ2n) is 6.98. The molecule has 0 unspecified atom stereocenters. The van der Waals surface area contributed by atoms with Gasteiger partial charge >= 0.3 is 0 Å². The van der Waals surface area contributed by atoms with Crippen molar-refractivity contribution in [2.24, 2.45) is 5.92 Å². The van der Waals surface area contributed by atoms with Gasteiger partial charge in [-0.1, -0.05) is 51.1 Å². The predicted octanol–water partition coefficient (Wildman–Crippen LogP) is 3.37. The molecule has 0 aromatic heterocycles. The number of carbonyl (C=O) groups is 2. The average molecular weight is 368 g/mol. The minimum absolute atomic E-state index is 0.0285. The van der Waals surface area contributed by atoms with Crippen LogP contribution in [-0.2, 0) is 4.79 Å².